The molecule has 2 saturated heterocycles. The quantitative estimate of drug-likeness (QED) is 0.118. The second kappa shape index (κ2) is 16.5. The average Bonchev–Trinajstić information content (AvgIpc) is 3.87. The predicted molar refractivity (Wildman–Crippen MR) is 191 cm³/mol. The Kier molecular flexibility index (Phi) is 12.1. The van der Waals surface area contributed by atoms with E-state index in [-0.39, 0.29) is 46.1 Å². The summed E-state index contributed by atoms with van der Waals surface area (Å²) in [7, 11) is 0. The van der Waals surface area contributed by atoms with Crippen LogP contribution < -0.4 is 0 Å². The lowest BCUT2D eigenvalue weighted by molar-refractivity contribution is 0.0330. The maximum Gasteiger partial charge on any atom is 0.263 e. The third kappa shape index (κ3) is 8.34. The summed E-state index contributed by atoms with van der Waals surface area (Å²) in [5.74, 6) is -0.619. The summed E-state index contributed by atoms with van der Waals surface area (Å²) < 4.78 is 24.8. The van der Waals surface area contributed by atoms with Gasteiger partial charge < -0.3 is 8.83 Å². The second-order valence-electron chi connectivity index (χ2n) is 13.7. The molecule has 50 heavy (non-hydrogen) atoms. The topological polar surface area (TPSA) is 92.7 Å². The number of ketones is 2. The number of halogens is 4. The number of hydrogen-bond donors (Lipinski definition) is 0. The number of nitrogens with zero attached hydrogens (tertiary/aromatic N) is 4. The van der Waals surface area contributed by atoms with E-state index in [1.165, 1.54) is 31.0 Å². The minimum atomic E-state index is -0.752. The zero-order chi connectivity index (χ0) is 35.3. The van der Waals surface area contributed by atoms with Gasteiger partial charge in [0.25, 0.3) is 11.8 Å². The summed E-state index contributed by atoms with van der Waals surface area (Å²) in [6.45, 7) is 6.66. The van der Waals surface area contributed by atoms with Crippen molar-refractivity contribution in [2.45, 2.75) is 65.0 Å². The molecule has 2 fully saturated rings. The first-order valence-corrected chi connectivity index (χ1v) is 18.5. The molecular weight excluding hydrogens is 702 g/mol. The van der Waals surface area contributed by atoms with Crippen LogP contribution in [0, 0.1) is 29.0 Å². The SMILES string of the molecule is CCC(CCC(C(=O)c1ncco1)C1CCN(Cc2ccc(F)c(Cl)c2)CC1)(C(=O)c1ncco1)C1CCN(Cc2ccc(Cl)c(Cl)c2)CC1. The highest BCUT2D eigenvalue weighted by Gasteiger charge is 2.48. The Labute approximate surface area is 307 Å². The van der Waals surface area contributed by atoms with Crippen molar-refractivity contribution in [1.29, 1.82) is 0 Å². The van der Waals surface area contributed by atoms with Crippen LogP contribution in [0.25, 0.3) is 0 Å². The molecule has 2 unspecified atom stereocenters. The van der Waals surface area contributed by atoms with Crippen LogP contribution in [0.4, 0.5) is 4.39 Å². The van der Waals surface area contributed by atoms with Gasteiger partial charge in [-0.2, -0.15) is 0 Å². The van der Waals surface area contributed by atoms with Gasteiger partial charge in [0.15, 0.2) is 0 Å². The fourth-order valence-electron chi connectivity index (χ4n) is 8.12. The first-order valence-electron chi connectivity index (χ1n) is 17.4. The van der Waals surface area contributed by atoms with Crippen LogP contribution in [0.3, 0.4) is 0 Å². The average molecular weight is 744 g/mol. The van der Waals surface area contributed by atoms with E-state index in [1.807, 2.05) is 18.2 Å². The van der Waals surface area contributed by atoms with Crippen LogP contribution in [-0.4, -0.2) is 57.5 Å². The number of piperidine rings is 2. The zero-order valence-corrected chi connectivity index (χ0v) is 30.4. The zero-order valence-electron chi connectivity index (χ0n) is 28.1. The second-order valence-corrected chi connectivity index (χ2v) is 14.9. The van der Waals surface area contributed by atoms with Gasteiger partial charge >= 0.3 is 0 Å². The number of aromatic nitrogens is 2. The Hall–Kier alpha value is -3.08. The minimum absolute atomic E-state index is 0.0822. The number of benzene rings is 2. The molecule has 266 valence electrons. The van der Waals surface area contributed by atoms with Crippen molar-refractivity contribution in [3.63, 3.8) is 0 Å². The van der Waals surface area contributed by atoms with Crippen molar-refractivity contribution in [2.75, 3.05) is 26.2 Å². The van der Waals surface area contributed by atoms with Gasteiger partial charge in [0.2, 0.25) is 11.6 Å². The van der Waals surface area contributed by atoms with Crippen molar-refractivity contribution < 1.29 is 22.8 Å². The maximum atomic E-state index is 14.4. The van der Waals surface area contributed by atoms with Gasteiger partial charge in [-0.25, -0.2) is 14.4 Å². The van der Waals surface area contributed by atoms with E-state index in [0.717, 1.165) is 69.5 Å². The molecule has 0 amide bonds. The van der Waals surface area contributed by atoms with Crippen molar-refractivity contribution in [2.24, 2.45) is 23.2 Å². The minimum Gasteiger partial charge on any atom is -0.442 e. The smallest absolute Gasteiger partial charge is 0.263 e. The van der Waals surface area contributed by atoms with Gasteiger partial charge in [-0.05, 0) is 118 Å². The normalized spacial score (nSPS) is 18.6. The standard InChI is InChI=1S/C38H42Cl3FN4O4/c1-2-38(35(48)37-44-14-20-50-37,28-10-17-46(18-11-28)23-25-3-5-30(39)31(40)21-25)12-7-29(34(47)36-43-13-19-49-36)27-8-15-45(16-9-27)24-26-4-6-33(42)32(41)22-26/h3-6,13-14,19-22,27-29H,2,7-12,15-18,23-24H2,1H3. The molecule has 0 spiro atoms. The number of rotatable bonds is 14. The summed E-state index contributed by atoms with van der Waals surface area (Å²) in [6, 6.07) is 10.6. The number of hydrogen-bond acceptors (Lipinski definition) is 8. The van der Waals surface area contributed by atoms with Crippen molar-refractivity contribution in [3.05, 3.63) is 105 Å². The van der Waals surface area contributed by atoms with E-state index in [4.69, 9.17) is 43.6 Å². The number of oxazole rings is 2. The molecule has 2 aromatic heterocycles. The highest BCUT2D eigenvalue weighted by Crippen LogP contribution is 2.47. The van der Waals surface area contributed by atoms with E-state index in [2.05, 4.69) is 26.7 Å². The first kappa shape index (κ1) is 36.7. The summed E-state index contributed by atoms with van der Waals surface area (Å²) in [4.78, 5) is 41.6. The van der Waals surface area contributed by atoms with Crippen molar-refractivity contribution in [3.8, 4) is 0 Å². The molecule has 0 radical (unpaired) electrons. The Morgan fingerprint density at radius 3 is 1.98 bits per heavy atom. The summed E-state index contributed by atoms with van der Waals surface area (Å²) in [5, 5.41) is 1.19. The molecule has 0 aliphatic carbocycles. The van der Waals surface area contributed by atoms with E-state index in [0.29, 0.717) is 35.9 Å². The van der Waals surface area contributed by atoms with Crippen LogP contribution in [0.2, 0.25) is 15.1 Å². The van der Waals surface area contributed by atoms with Crippen molar-refractivity contribution >= 4 is 46.4 Å². The van der Waals surface area contributed by atoms with Gasteiger partial charge in [0.1, 0.15) is 18.3 Å². The molecular formula is C38H42Cl3FN4O4. The van der Waals surface area contributed by atoms with E-state index in [9.17, 15) is 14.0 Å². The number of likely N-dealkylation sites (tertiary alicyclic amines) is 2. The van der Waals surface area contributed by atoms with Crippen LogP contribution in [-0.2, 0) is 13.1 Å². The fourth-order valence-corrected chi connectivity index (χ4v) is 8.65. The van der Waals surface area contributed by atoms with Crippen LogP contribution in [0.1, 0.15) is 84.4 Å². The molecule has 4 heterocycles. The van der Waals surface area contributed by atoms with Gasteiger partial charge in [-0.1, -0.05) is 53.9 Å². The molecule has 6 rings (SSSR count). The monoisotopic (exact) mass is 742 g/mol. The molecule has 2 aliphatic heterocycles. The van der Waals surface area contributed by atoms with E-state index < -0.39 is 11.2 Å². The van der Waals surface area contributed by atoms with Crippen LogP contribution in [0.5, 0.6) is 0 Å². The third-order valence-corrected chi connectivity index (χ3v) is 12.0. The lowest BCUT2D eigenvalue weighted by Crippen LogP contribution is -2.46. The molecule has 0 saturated carbocycles. The third-order valence-electron chi connectivity index (χ3n) is 10.9. The number of Topliss-reactive ketones (excluding diaryl/α,β-unsaturated/α-hetero) is 2. The van der Waals surface area contributed by atoms with Crippen LogP contribution >= 0.6 is 34.8 Å². The fraction of sp³-hybridized carbons (Fsp3) is 0.474. The number of carbonyl (C=O) groups is 2. The van der Waals surface area contributed by atoms with E-state index >= 15 is 0 Å². The lowest BCUT2D eigenvalue weighted by atomic mass is 9.62. The van der Waals surface area contributed by atoms with Crippen molar-refractivity contribution in [1.82, 2.24) is 19.8 Å². The van der Waals surface area contributed by atoms with E-state index in [1.54, 1.807) is 12.1 Å². The Balaban J connectivity index is 1.18. The Bertz CT molecular complexity index is 1740. The summed E-state index contributed by atoms with van der Waals surface area (Å²) in [5.41, 5.74) is 1.29. The first-order chi connectivity index (χ1) is 24.2. The van der Waals surface area contributed by atoms with Crippen LogP contribution in [0.15, 0.2) is 70.2 Å². The molecule has 8 nitrogen and oxygen atoms in total. The molecule has 0 N–H and O–H groups in total. The summed E-state index contributed by atoms with van der Waals surface area (Å²) in [6.07, 6.45) is 10.8. The number of carbonyl (C=O) groups excluding carboxylic acids is 2. The largest absolute Gasteiger partial charge is 0.442 e. The highest BCUT2D eigenvalue weighted by molar-refractivity contribution is 6.42. The molecule has 2 atom stereocenters. The van der Waals surface area contributed by atoms with Gasteiger partial charge in [0, 0.05) is 24.4 Å². The Morgan fingerprint density at radius 1 is 0.840 bits per heavy atom. The maximum absolute atomic E-state index is 14.4. The molecule has 4 aromatic rings. The highest BCUT2D eigenvalue weighted by atomic mass is 35.5. The lowest BCUT2D eigenvalue weighted by Gasteiger charge is -2.44. The predicted octanol–water partition coefficient (Wildman–Crippen LogP) is 9.44. The Morgan fingerprint density at radius 2 is 1.42 bits per heavy atom. The molecule has 2 aromatic carbocycles. The van der Waals surface area contributed by atoms with Gasteiger partial charge in [-0.15, -0.1) is 0 Å². The molecule has 2 aliphatic rings. The van der Waals surface area contributed by atoms with Gasteiger partial charge in [0.05, 0.1) is 27.5 Å². The van der Waals surface area contributed by atoms with Gasteiger partial charge in [-0.3, -0.25) is 19.4 Å². The molecule has 12 heteroatoms. The summed E-state index contributed by atoms with van der Waals surface area (Å²) >= 11 is 18.5. The molecule has 0 bridgehead atoms.